The van der Waals surface area contributed by atoms with Crippen molar-refractivity contribution in [3.8, 4) is 0 Å². The number of carbonyl (C=O) groups excluding carboxylic acids is 1. The Morgan fingerprint density at radius 1 is 1.11 bits per heavy atom. The van der Waals surface area contributed by atoms with Gasteiger partial charge in [0.2, 0.25) is 5.91 Å². The zero-order valence-electron chi connectivity index (χ0n) is 16.2. The summed E-state index contributed by atoms with van der Waals surface area (Å²) in [6.07, 6.45) is 3.92. The Morgan fingerprint density at radius 3 is 2.41 bits per heavy atom. The molecule has 2 saturated heterocycles. The maximum absolute atomic E-state index is 12.5. The highest BCUT2D eigenvalue weighted by Crippen LogP contribution is 2.22. The second kappa shape index (κ2) is 8.58. The third-order valence-electron chi connectivity index (χ3n) is 5.42. The number of nitrogens with one attached hydrogen (secondary N) is 1. The summed E-state index contributed by atoms with van der Waals surface area (Å²) >= 11 is 0. The van der Waals surface area contributed by atoms with Gasteiger partial charge in [0.1, 0.15) is 0 Å². The van der Waals surface area contributed by atoms with E-state index in [0.29, 0.717) is 19.5 Å². The highest BCUT2D eigenvalue weighted by molar-refractivity contribution is 7.86. The monoisotopic (exact) mass is 394 g/mol. The van der Waals surface area contributed by atoms with E-state index in [9.17, 15) is 13.2 Å². The molecule has 2 heterocycles. The third-order valence-corrected chi connectivity index (χ3v) is 7.32. The number of hydrogen-bond donors (Lipinski definition) is 1. The van der Waals surface area contributed by atoms with Gasteiger partial charge in [-0.25, -0.2) is 0 Å². The molecule has 0 spiro atoms. The van der Waals surface area contributed by atoms with Crippen LogP contribution in [-0.2, 0) is 21.5 Å². The number of carbonyl (C=O) groups is 1. The maximum atomic E-state index is 12.5. The highest BCUT2D eigenvalue weighted by atomic mass is 32.2. The van der Waals surface area contributed by atoms with Gasteiger partial charge in [-0.1, -0.05) is 12.1 Å². The first-order valence-electron chi connectivity index (χ1n) is 9.67. The lowest BCUT2D eigenvalue weighted by Crippen LogP contribution is -2.48. The zero-order chi connectivity index (χ0) is 19.4. The van der Waals surface area contributed by atoms with Crippen LogP contribution in [0.2, 0.25) is 0 Å². The molecule has 0 unspecified atom stereocenters. The van der Waals surface area contributed by atoms with Gasteiger partial charge in [0.15, 0.2) is 0 Å². The maximum Gasteiger partial charge on any atom is 0.281 e. The average molecular weight is 395 g/mol. The van der Waals surface area contributed by atoms with Gasteiger partial charge in [-0.2, -0.15) is 17.0 Å². The van der Waals surface area contributed by atoms with E-state index in [1.54, 1.807) is 0 Å². The molecule has 1 amide bonds. The Bertz CT molecular complexity index is 743. The van der Waals surface area contributed by atoms with Crippen LogP contribution in [0.15, 0.2) is 24.3 Å². The summed E-state index contributed by atoms with van der Waals surface area (Å²) in [7, 11) is -0.427. The number of hydrogen-bond acceptors (Lipinski definition) is 4. The zero-order valence-corrected chi connectivity index (χ0v) is 17.0. The quantitative estimate of drug-likeness (QED) is 0.792. The number of rotatable bonds is 6. The van der Waals surface area contributed by atoms with Gasteiger partial charge in [0, 0.05) is 52.5 Å². The van der Waals surface area contributed by atoms with Crippen LogP contribution in [0.3, 0.4) is 0 Å². The lowest BCUT2D eigenvalue weighted by Gasteiger charge is -2.32. The summed E-state index contributed by atoms with van der Waals surface area (Å²) in [6.45, 7) is 3.42. The summed E-state index contributed by atoms with van der Waals surface area (Å²) < 4.78 is 27.2. The van der Waals surface area contributed by atoms with Crippen molar-refractivity contribution in [3.63, 3.8) is 0 Å². The number of benzene rings is 1. The Hall–Kier alpha value is -1.64. The Labute approximate surface area is 162 Å². The SMILES string of the molecule is CN(C)S(=O)(=O)N1CCC[C@H](C(=O)NCc2ccc(N3CCCC3)cc2)C1. The summed E-state index contributed by atoms with van der Waals surface area (Å²) in [5.74, 6) is -0.366. The van der Waals surface area contributed by atoms with Crippen LogP contribution in [0.25, 0.3) is 0 Å². The van der Waals surface area contributed by atoms with E-state index < -0.39 is 10.2 Å². The molecule has 0 bridgehead atoms. The van der Waals surface area contributed by atoms with E-state index in [-0.39, 0.29) is 18.4 Å². The Morgan fingerprint density at radius 2 is 1.78 bits per heavy atom. The summed E-state index contributed by atoms with van der Waals surface area (Å²) in [5, 5.41) is 2.97. The standard InChI is InChI=1S/C19H30N4O3S/c1-21(2)27(25,26)23-13-5-6-17(15-23)19(24)20-14-16-7-9-18(10-8-16)22-11-3-4-12-22/h7-10,17H,3-6,11-15H2,1-2H3,(H,20,24)/t17-/m0/s1. The van der Waals surface area contributed by atoms with Crippen LogP contribution >= 0.6 is 0 Å². The van der Waals surface area contributed by atoms with E-state index in [4.69, 9.17) is 0 Å². The van der Waals surface area contributed by atoms with Crippen molar-refractivity contribution in [2.45, 2.75) is 32.2 Å². The van der Waals surface area contributed by atoms with Gasteiger partial charge >= 0.3 is 0 Å². The Balaban J connectivity index is 1.52. The number of nitrogens with zero attached hydrogens (tertiary/aromatic N) is 3. The van der Waals surface area contributed by atoms with E-state index >= 15 is 0 Å². The van der Waals surface area contributed by atoms with Gasteiger partial charge in [-0.15, -0.1) is 0 Å². The fourth-order valence-electron chi connectivity index (χ4n) is 3.73. The van der Waals surface area contributed by atoms with Crippen LogP contribution in [0.4, 0.5) is 5.69 Å². The van der Waals surface area contributed by atoms with Crippen LogP contribution in [0.1, 0.15) is 31.2 Å². The van der Waals surface area contributed by atoms with Gasteiger partial charge in [0.25, 0.3) is 10.2 Å². The van der Waals surface area contributed by atoms with Crippen LogP contribution in [0, 0.1) is 5.92 Å². The van der Waals surface area contributed by atoms with E-state index in [0.717, 1.165) is 25.1 Å². The molecule has 3 rings (SSSR count). The predicted molar refractivity (Wildman–Crippen MR) is 107 cm³/mol. The van der Waals surface area contributed by atoms with Crippen molar-refractivity contribution in [2.24, 2.45) is 5.92 Å². The molecule has 8 heteroatoms. The predicted octanol–water partition coefficient (Wildman–Crippen LogP) is 1.42. The molecule has 0 saturated carbocycles. The van der Waals surface area contributed by atoms with Crippen molar-refractivity contribution in [3.05, 3.63) is 29.8 Å². The number of piperidine rings is 1. The molecule has 0 aromatic heterocycles. The van der Waals surface area contributed by atoms with Crippen molar-refractivity contribution >= 4 is 21.8 Å². The van der Waals surface area contributed by atoms with E-state index in [1.807, 2.05) is 0 Å². The molecular formula is C19H30N4O3S. The molecule has 0 radical (unpaired) electrons. The Kier molecular flexibility index (Phi) is 6.39. The smallest absolute Gasteiger partial charge is 0.281 e. The molecule has 1 aromatic carbocycles. The normalized spacial score (nSPS) is 21.6. The van der Waals surface area contributed by atoms with Gasteiger partial charge in [-0.3, -0.25) is 4.79 Å². The van der Waals surface area contributed by atoms with Crippen molar-refractivity contribution in [1.29, 1.82) is 0 Å². The highest BCUT2D eigenvalue weighted by Gasteiger charge is 2.33. The number of amides is 1. The first-order valence-corrected chi connectivity index (χ1v) is 11.1. The molecule has 1 aromatic rings. The lowest BCUT2D eigenvalue weighted by atomic mass is 9.99. The summed E-state index contributed by atoms with van der Waals surface area (Å²) in [6, 6.07) is 8.33. The second-order valence-electron chi connectivity index (χ2n) is 7.57. The molecular weight excluding hydrogens is 364 g/mol. The fourth-order valence-corrected chi connectivity index (χ4v) is 4.92. The first-order chi connectivity index (χ1) is 12.9. The van der Waals surface area contributed by atoms with Crippen LogP contribution < -0.4 is 10.2 Å². The van der Waals surface area contributed by atoms with E-state index in [2.05, 4.69) is 34.5 Å². The fraction of sp³-hybridized carbons (Fsp3) is 0.632. The molecule has 0 aliphatic carbocycles. The minimum atomic E-state index is -3.46. The van der Waals surface area contributed by atoms with Gasteiger partial charge in [0.05, 0.1) is 5.92 Å². The summed E-state index contributed by atoms with van der Waals surface area (Å²) in [4.78, 5) is 14.9. The van der Waals surface area contributed by atoms with Crippen molar-refractivity contribution < 1.29 is 13.2 Å². The molecule has 7 nitrogen and oxygen atoms in total. The second-order valence-corrected chi connectivity index (χ2v) is 9.71. The molecule has 2 aliphatic heterocycles. The van der Waals surface area contributed by atoms with Crippen LogP contribution in [-0.4, -0.2) is 63.2 Å². The van der Waals surface area contributed by atoms with Gasteiger partial charge < -0.3 is 10.2 Å². The minimum Gasteiger partial charge on any atom is -0.372 e. The minimum absolute atomic E-state index is 0.0720. The lowest BCUT2D eigenvalue weighted by molar-refractivity contribution is -0.126. The molecule has 150 valence electrons. The van der Waals surface area contributed by atoms with Crippen LogP contribution in [0.5, 0.6) is 0 Å². The first kappa shape index (κ1) is 20.1. The number of anilines is 1. The van der Waals surface area contributed by atoms with E-state index in [1.165, 1.54) is 41.2 Å². The molecule has 1 atom stereocenters. The van der Waals surface area contributed by atoms with Gasteiger partial charge in [-0.05, 0) is 43.4 Å². The molecule has 2 aliphatic rings. The molecule has 1 N–H and O–H groups in total. The average Bonchev–Trinajstić information content (AvgIpc) is 3.21. The largest absolute Gasteiger partial charge is 0.372 e. The summed E-state index contributed by atoms with van der Waals surface area (Å²) in [5.41, 5.74) is 2.29. The topological polar surface area (TPSA) is 73.0 Å². The van der Waals surface area contributed by atoms with Crippen molar-refractivity contribution in [1.82, 2.24) is 13.9 Å². The molecule has 27 heavy (non-hydrogen) atoms. The molecule has 2 fully saturated rings. The van der Waals surface area contributed by atoms with Crippen molar-refractivity contribution in [2.75, 3.05) is 45.2 Å². The third kappa shape index (κ3) is 4.80.